The lowest BCUT2D eigenvalue weighted by molar-refractivity contribution is 0.0944. The summed E-state index contributed by atoms with van der Waals surface area (Å²) in [5, 5.41) is 8.30. The van der Waals surface area contributed by atoms with E-state index in [1.54, 1.807) is 22.9 Å². The fourth-order valence-electron chi connectivity index (χ4n) is 4.66. The van der Waals surface area contributed by atoms with Crippen LogP contribution in [0.2, 0.25) is 10.0 Å². The van der Waals surface area contributed by atoms with Crippen molar-refractivity contribution in [1.82, 2.24) is 15.1 Å². The van der Waals surface area contributed by atoms with Crippen molar-refractivity contribution >= 4 is 29.1 Å². The van der Waals surface area contributed by atoms with E-state index in [1.165, 1.54) is 12.1 Å². The van der Waals surface area contributed by atoms with Gasteiger partial charge >= 0.3 is 0 Å². The highest BCUT2D eigenvalue weighted by Crippen LogP contribution is 2.54. The first-order chi connectivity index (χ1) is 14.4. The van der Waals surface area contributed by atoms with Crippen molar-refractivity contribution in [2.75, 3.05) is 0 Å². The number of amides is 1. The van der Waals surface area contributed by atoms with Gasteiger partial charge in [-0.3, -0.25) is 4.79 Å². The van der Waals surface area contributed by atoms with Gasteiger partial charge in [-0.1, -0.05) is 29.3 Å². The Labute approximate surface area is 181 Å². The molecule has 2 aliphatic rings. The lowest BCUT2D eigenvalue weighted by Gasteiger charge is -2.15. The summed E-state index contributed by atoms with van der Waals surface area (Å²) in [6.07, 6.45) is 3.06. The van der Waals surface area contributed by atoms with Crippen LogP contribution in [0.25, 0.3) is 5.69 Å². The molecule has 2 aromatic carbocycles. The van der Waals surface area contributed by atoms with Crippen LogP contribution in [0.5, 0.6) is 0 Å². The molecule has 1 fully saturated rings. The highest BCUT2D eigenvalue weighted by molar-refractivity contribution is 6.35. The number of carbonyl (C=O) groups is 1. The standard InChI is InChI=1S/C22H17Cl2F2N3O/c23-14-4-6-18(16(24)8-14)29-21-12-2-1-11(7-12)19(21)20(28-29)22(30)27-10-13-3-5-15(25)9-17(13)26/h3-6,8-9,11-12H,1-2,7,10H2,(H,27,30). The first kappa shape index (κ1) is 19.5. The van der Waals surface area contributed by atoms with Gasteiger partial charge in [-0.15, -0.1) is 0 Å². The van der Waals surface area contributed by atoms with Gasteiger partial charge in [-0.25, -0.2) is 13.5 Å². The molecule has 2 unspecified atom stereocenters. The molecule has 0 aliphatic heterocycles. The number of nitrogens with zero attached hydrogens (tertiary/aromatic N) is 2. The number of hydrogen-bond acceptors (Lipinski definition) is 2. The molecule has 1 amide bonds. The number of benzene rings is 2. The molecule has 30 heavy (non-hydrogen) atoms. The Morgan fingerprint density at radius 3 is 2.70 bits per heavy atom. The van der Waals surface area contributed by atoms with Gasteiger partial charge in [-0.05, 0) is 49.4 Å². The molecule has 3 aromatic rings. The summed E-state index contributed by atoms with van der Waals surface area (Å²) in [6, 6.07) is 8.47. The predicted octanol–water partition coefficient (Wildman–Crippen LogP) is 5.75. The second-order valence-corrected chi connectivity index (χ2v) is 8.62. The quantitative estimate of drug-likeness (QED) is 0.553. The van der Waals surface area contributed by atoms with Gasteiger partial charge in [0, 0.05) is 34.7 Å². The van der Waals surface area contributed by atoms with E-state index in [9.17, 15) is 13.6 Å². The summed E-state index contributed by atoms with van der Waals surface area (Å²) < 4.78 is 28.8. The smallest absolute Gasteiger partial charge is 0.272 e. The molecule has 2 atom stereocenters. The monoisotopic (exact) mass is 447 g/mol. The summed E-state index contributed by atoms with van der Waals surface area (Å²) in [6.45, 7) is -0.0532. The lowest BCUT2D eigenvalue weighted by Crippen LogP contribution is -2.25. The Bertz CT molecular complexity index is 1180. The van der Waals surface area contributed by atoms with Gasteiger partial charge in [0.25, 0.3) is 5.91 Å². The summed E-state index contributed by atoms with van der Waals surface area (Å²) in [5.74, 6) is -1.12. The average Bonchev–Trinajstić information content (AvgIpc) is 3.40. The van der Waals surface area contributed by atoms with E-state index < -0.39 is 11.6 Å². The molecule has 1 saturated carbocycles. The van der Waals surface area contributed by atoms with Crippen LogP contribution in [-0.2, 0) is 6.54 Å². The molecule has 4 nitrogen and oxygen atoms in total. The molecule has 2 aliphatic carbocycles. The number of nitrogens with one attached hydrogen (secondary N) is 1. The fraction of sp³-hybridized carbons (Fsp3) is 0.273. The molecule has 0 spiro atoms. The van der Waals surface area contributed by atoms with Gasteiger partial charge in [0.1, 0.15) is 11.6 Å². The minimum absolute atomic E-state index is 0.0532. The number of fused-ring (bicyclic) bond motifs is 5. The van der Waals surface area contributed by atoms with E-state index in [0.29, 0.717) is 27.3 Å². The fourth-order valence-corrected chi connectivity index (χ4v) is 5.15. The minimum atomic E-state index is -0.696. The first-order valence-electron chi connectivity index (χ1n) is 9.72. The maximum Gasteiger partial charge on any atom is 0.272 e. The zero-order valence-electron chi connectivity index (χ0n) is 15.8. The lowest BCUT2D eigenvalue weighted by atomic mass is 9.95. The van der Waals surface area contributed by atoms with Gasteiger partial charge in [0.15, 0.2) is 5.69 Å². The molecule has 0 saturated heterocycles. The predicted molar refractivity (Wildman–Crippen MR) is 110 cm³/mol. The molecule has 0 radical (unpaired) electrons. The van der Waals surface area contributed by atoms with Crippen LogP contribution in [-0.4, -0.2) is 15.7 Å². The average molecular weight is 448 g/mol. The summed E-state index contributed by atoms with van der Waals surface area (Å²) >= 11 is 12.4. The van der Waals surface area contributed by atoms with E-state index in [-0.39, 0.29) is 23.9 Å². The summed E-state index contributed by atoms with van der Waals surface area (Å²) in [7, 11) is 0. The molecular weight excluding hydrogens is 431 g/mol. The number of aromatic nitrogens is 2. The van der Waals surface area contributed by atoms with Gasteiger partial charge < -0.3 is 5.32 Å². The SMILES string of the molecule is O=C(NCc1ccc(F)cc1F)c1nn(-c2ccc(Cl)cc2Cl)c2c1C1CCC2C1. The molecule has 1 heterocycles. The normalized spacial score (nSPS) is 19.2. The Kier molecular flexibility index (Phi) is 4.79. The number of hydrogen-bond donors (Lipinski definition) is 1. The van der Waals surface area contributed by atoms with Crippen LogP contribution in [0, 0.1) is 11.6 Å². The zero-order chi connectivity index (χ0) is 21.0. The van der Waals surface area contributed by atoms with E-state index >= 15 is 0 Å². The van der Waals surface area contributed by atoms with E-state index in [0.717, 1.165) is 36.6 Å². The van der Waals surface area contributed by atoms with Crippen molar-refractivity contribution in [2.24, 2.45) is 0 Å². The van der Waals surface area contributed by atoms with Crippen molar-refractivity contribution in [1.29, 1.82) is 0 Å². The Morgan fingerprint density at radius 1 is 1.13 bits per heavy atom. The van der Waals surface area contributed by atoms with E-state index in [2.05, 4.69) is 10.4 Å². The number of rotatable bonds is 4. The molecule has 2 bridgehead atoms. The van der Waals surface area contributed by atoms with Gasteiger partial charge in [0.2, 0.25) is 0 Å². The number of halogens is 4. The second kappa shape index (κ2) is 7.36. The van der Waals surface area contributed by atoms with Gasteiger partial charge in [-0.2, -0.15) is 5.10 Å². The maximum absolute atomic E-state index is 13.9. The zero-order valence-corrected chi connectivity index (χ0v) is 17.3. The Hall–Kier alpha value is -2.44. The largest absolute Gasteiger partial charge is 0.346 e. The molecule has 8 heteroatoms. The molecule has 154 valence electrons. The molecule has 1 N–H and O–H groups in total. The second-order valence-electron chi connectivity index (χ2n) is 7.78. The van der Waals surface area contributed by atoms with Crippen LogP contribution >= 0.6 is 23.2 Å². The molecular formula is C22H17Cl2F2N3O. The minimum Gasteiger partial charge on any atom is -0.346 e. The molecule has 1 aromatic heterocycles. The summed E-state index contributed by atoms with van der Waals surface area (Å²) in [4.78, 5) is 13.0. The van der Waals surface area contributed by atoms with E-state index in [1.807, 2.05) is 0 Å². The van der Waals surface area contributed by atoms with Crippen LogP contribution in [0.15, 0.2) is 36.4 Å². The van der Waals surface area contributed by atoms with Crippen LogP contribution in [0.1, 0.15) is 58.4 Å². The van der Waals surface area contributed by atoms with E-state index in [4.69, 9.17) is 23.2 Å². The third kappa shape index (κ3) is 3.19. The van der Waals surface area contributed by atoms with Crippen LogP contribution < -0.4 is 5.32 Å². The van der Waals surface area contributed by atoms with Crippen molar-refractivity contribution in [3.05, 3.63) is 80.6 Å². The third-order valence-electron chi connectivity index (χ3n) is 5.99. The van der Waals surface area contributed by atoms with Gasteiger partial charge in [0.05, 0.1) is 16.4 Å². The topological polar surface area (TPSA) is 46.9 Å². The van der Waals surface area contributed by atoms with Crippen molar-refractivity contribution in [3.63, 3.8) is 0 Å². The van der Waals surface area contributed by atoms with Crippen LogP contribution in [0.3, 0.4) is 0 Å². The summed E-state index contributed by atoms with van der Waals surface area (Å²) in [5.41, 5.74) is 3.20. The van der Waals surface area contributed by atoms with Crippen LogP contribution in [0.4, 0.5) is 8.78 Å². The highest BCUT2D eigenvalue weighted by atomic mass is 35.5. The number of carbonyl (C=O) groups excluding carboxylic acids is 1. The maximum atomic E-state index is 13.9. The van der Waals surface area contributed by atoms with Crippen molar-refractivity contribution in [3.8, 4) is 5.69 Å². The van der Waals surface area contributed by atoms with Crippen molar-refractivity contribution < 1.29 is 13.6 Å². The Balaban J connectivity index is 1.50. The molecule has 5 rings (SSSR count). The highest BCUT2D eigenvalue weighted by Gasteiger charge is 2.44. The first-order valence-corrected chi connectivity index (χ1v) is 10.5. The third-order valence-corrected chi connectivity index (χ3v) is 6.53. The van der Waals surface area contributed by atoms with Crippen molar-refractivity contribution in [2.45, 2.75) is 37.6 Å². The Morgan fingerprint density at radius 2 is 1.93 bits per heavy atom.